The number of nitrogens with one attached hydrogen (secondary N) is 2. The first kappa shape index (κ1) is 17.2. The number of anilines is 1. The second-order valence-corrected chi connectivity index (χ2v) is 6.54. The van der Waals surface area contributed by atoms with Crippen molar-refractivity contribution < 1.29 is 13.9 Å². The number of aromatic nitrogens is 3. The number of nitrogens with zero attached hydrogens (tertiary/aromatic N) is 2. The van der Waals surface area contributed by atoms with Crippen LogP contribution in [0.25, 0.3) is 0 Å². The quantitative estimate of drug-likeness (QED) is 0.690. The third-order valence-electron chi connectivity index (χ3n) is 4.66. The summed E-state index contributed by atoms with van der Waals surface area (Å²) in [7, 11) is 0. The highest BCUT2D eigenvalue weighted by molar-refractivity contribution is 6.05. The molecule has 2 aromatic carbocycles. The number of halogens is 1. The molecule has 1 saturated carbocycles. The highest BCUT2D eigenvalue weighted by Gasteiger charge is 2.23. The molecule has 0 bridgehead atoms. The van der Waals surface area contributed by atoms with Crippen LogP contribution in [-0.4, -0.2) is 21.1 Å². The first-order chi connectivity index (χ1) is 13.2. The molecule has 2 N–H and O–H groups in total. The van der Waals surface area contributed by atoms with Crippen LogP contribution in [0.5, 0.6) is 5.75 Å². The summed E-state index contributed by atoms with van der Waals surface area (Å²) < 4.78 is 18.8. The SMILES string of the molecule is O=C(Nc1n[nH]c(C2CCC2)n1)c1ccccc1OCc1ccc(F)cc1. The lowest BCUT2D eigenvalue weighted by molar-refractivity contribution is 0.102. The van der Waals surface area contributed by atoms with E-state index in [1.807, 2.05) is 0 Å². The molecule has 0 unspecified atom stereocenters. The summed E-state index contributed by atoms with van der Waals surface area (Å²) in [6.45, 7) is 0.233. The number of amides is 1. The largest absolute Gasteiger partial charge is 0.488 e. The lowest BCUT2D eigenvalue weighted by Crippen LogP contribution is -2.15. The van der Waals surface area contributed by atoms with E-state index in [-0.39, 0.29) is 24.3 Å². The Hall–Kier alpha value is -3.22. The first-order valence-corrected chi connectivity index (χ1v) is 8.89. The van der Waals surface area contributed by atoms with Gasteiger partial charge in [-0.25, -0.2) is 4.39 Å². The Morgan fingerprint density at radius 3 is 2.70 bits per heavy atom. The van der Waals surface area contributed by atoms with Crippen molar-refractivity contribution in [2.75, 3.05) is 5.32 Å². The molecule has 0 saturated heterocycles. The van der Waals surface area contributed by atoms with E-state index in [2.05, 4.69) is 20.5 Å². The number of carbonyl (C=O) groups is 1. The highest BCUT2D eigenvalue weighted by atomic mass is 19.1. The van der Waals surface area contributed by atoms with Crippen LogP contribution < -0.4 is 10.1 Å². The Labute approximate surface area is 155 Å². The monoisotopic (exact) mass is 366 g/mol. The average Bonchev–Trinajstić information content (AvgIpc) is 3.07. The van der Waals surface area contributed by atoms with Gasteiger partial charge < -0.3 is 4.74 Å². The van der Waals surface area contributed by atoms with Crippen molar-refractivity contribution in [3.8, 4) is 5.75 Å². The minimum atomic E-state index is -0.344. The van der Waals surface area contributed by atoms with E-state index in [1.165, 1.54) is 18.6 Å². The van der Waals surface area contributed by atoms with E-state index in [4.69, 9.17) is 4.74 Å². The zero-order valence-electron chi connectivity index (χ0n) is 14.6. The number of ether oxygens (including phenoxy) is 1. The van der Waals surface area contributed by atoms with E-state index in [0.29, 0.717) is 17.2 Å². The molecular formula is C20H19FN4O2. The summed E-state index contributed by atoms with van der Waals surface area (Å²) in [5.74, 6) is 1.28. The lowest BCUT2D eigenvalue weighted by atomic mass is 9.85. The molecule has 1 aromatic heterocycles. The van der Waals surface area contributed by atoms with Crippen LogP contribution in [0.4, 0.5) is 10.3 Å². The number of carbonyl (C=O) groups excluding carboxylic acids is 1. The van der Waals surface area contributed by atoms with Crippen LogP contribution in [0.3, 0.4) is 0 Å². The third kappa shape index (κ3) is 3.97. The van der Waals surface area contributed by atoms with Gasteiger partial charge in [-0.05, 0) is 42.7 Å². The van der Waals surface area contributed by atoms with Gasteiger partial charge in [0, 0.05) is 5.92 Å². The summed E-state index contributed by atoms with van der Waals surface area (Å²) in [4.78, 5) is 17.0. The second kappa shape index (κ2) is 7.57. The number of rotatable bonds is 6. The third-order valence-corrected chi connectivity index (χ3v) is 4.66. The van der Waals surface area contributed by atoms with Crippen molar-refractivity contribution in [3.05, 3.63) is 71.3 Å². The fourth-order valence-electron chi connectivity index (χ4n) is 2.89. The van der Waals surface area contributed by atoms with E-state index in [0.717, 1.165) is 24.2 Å². The Kier molecular flexibility index (Phi) is 4.82. The number of para-hydroxylation sites is 1. The van der Waals surface area contributed by atoms with Gasteiger partial charge in [-0.3, -0.25) is 15.2 Å². The zero-order valence-corrected chi connectivity index (χ0v) is 14.6. The van der Waals surface area contributed by atoms with Crippen molar-refractivity contribution in [3.63, 3.8) is 0 Å². The molecule has 1 heterocycles. The molecule has 0 spiro atoms. The molecule has 0 radical (unpaired) electrons. The Morgan fingerprint density at radius 1 is 1.19 bits per heavy atom. The van der Waals surface area contributed by atoms with Crippen molar-refractivity contribution in [1.82, 2.24) is 15.2 Å². The van der Waals surface area contributed by atoms with Gasteiger partial charge in [-0.1, -0.05) is 30.7 Å². The Balaban J connectivity index is 1.43. The van der Waals surface area contributed by atoms with Gasteiger partial charge in [0.25, 0.3) is 5.91 Å². The number of H-pyrrole nitrogens is 1. The Morgan fingerprint density at radius 2 is 1.96 bits per heavy atom. The van der Waals surface area contributed by atoms with E-state index >= 15 is 0 Å². The van der Waals surface area contributed by atoms with Crippen LogP contribution in [0.15, 0.2) is 48.5 Å². The zero-order chi connectivity index (χ0) is 18.6. The van der Waals surface area contributed by atoms with Crippen molar-refractivity contribution in [1.29, 1.82) is 0 Å². The van der Waals surface area contributed by atoms with Gasteiger partial charge in [0.1, 0.15) is 24.0 Å². The minimum Gasteiger partial charge on any atom is -0.488 e. The minimum absolute atomic E-state index is 0.233. The highest BCUT2D eigenvalue weighted by Crippen LogP contribution is 2.34. The summed E-state index contributed by atoms with van der Waals surface area (Å²) in [5, 5.41) is 9.67. The van der Waals surface area contributed by atoms with E-state index < -0.39 is 0 Å². The molecule has 4 rings (SSSR count). The van der Waals surface area contributed by atoms with E-state index in [9.17, 15) is 9.18 Å². The second-order valence-electron chi connectivity index (χ2n) is 6.54. The normalized spacial score (nSPS) is 13.8. The van der Waals surface area contributed by atoms with Gasteiger partial charge in [0.05, 0.1) is 5.56 Å². The molecule has 27 heavy (non-hydrogen) atoms. The molecule has 1 aliphatic rings. The van der Waals surface area contributed by atoms with Crippen molar-refractivity contribution >= 4 is 11.9 Å². The smallest absolute Gasteiger partial charge is 0.261 e. The molecule has 138 valence electrons. The van der Waals surface area contributed by atoms with Crippen LogP contribution >= 0.6 is 0 Å². The van der Waals surface area contributed by atoms with Crippen LogP contribution in [-0.2, 0) is 6.61 Å². The molecule has 1 fully saturated rings. The number of aromatic amines is 1. The van der Waals surface area contributed by atoms with E-state index in [1.54, 1.807) is 36.4 Å². The fraction of sp³-hybridized carbons (Fsp3) is 0.250. The predicted octanol–water partition coefficient (Wildman–Crippen LogP) is 4.04. The maximum absolute atomic E-state index is 13.0. The number of hydrogen-bond donors (Lipinski definition) is 2. The maximum atomic E-state index is 13.0. The summed E-state index contributed by atoms with van der Waals surface area (Å²) in [5.41, 5.74) is 1.19. The van der Waals surface area contributed by atoms with Gasteiger partial charge >= 0.3 is 0 Å². The first-order valence-electron chi connectivity index (χ1n) is 8.89. The maximum Gasteiger partial charge on any atom is 0.261 e. The number of hydrogen-bond acceptors (Lipinski definition) is 4. The van der Waals surface area contributed by atoms with Crippen LogP contribution in [0.1, 0.15) is 46.9 Å². The summed E-state index contributed by atoms with van der Waals surface area (Å²) >= 11 is 0. The molecule has 0 aliphatic heterocycles. The van der Waals surface area contributed by atoms with Gasteiger partial charge in [-0.2, -0.15) is 4.98 Å². The molecule has 7 heteroatoms. The lowest BCUT2D eigenvalue weighted by Gasteiger charge is -2.22. The molecule has 6 nitrogen and oxygen atoms in total. The van der Waals surface area contributed by atoms with Gasteiger partial charge in [0.2, 0.25) is 5.95 Å². The summed E-state index contributed by atoms with van der Waals surface area (Å²) in [6, 6.07) is 13.0. The van der Waals surface area contributed by atoms with Crippen molar-refractivity contribution in [2.45, 2.75) is 31.8 Å². The van der Waals surface area contributed by atoms with Crippen LogP contribution in [0.2, 0.25) is 0 Å². The summed E-state index contributed by atoms with van der Waals surface area (Å²) in [6.07, 6.45) is 3.40. The average molecular weight is 366 g/mol. The van der Waals surface area contributed by atoms with Gasteiger partial charge in [0.15, 0.2) is 0 Å². The van der Waals surface area contributed by atoms with Crippen molar-refractivity contribution in [2.24, 2.45) is 0 Å². The fourth-order valence-corrected chi connectivity index (χ4v) is 2.89. The molecule has 1 aliphatic carbocycles. The standard InChI is InChI=1S/C20H19FN4O2/c21-15-10-8-13(9-11-15)12-27-17-7-2-1-6-16(17)19(26)23-20-22-18(24-25-20)14-4-3-5-14/h1-2,6-11,14H,3-5,12H2,(H2,22,23,24,25,26). The Bertz CT molecular complexity index is 935. The number of benzene rings is 2. The molecular weight excluding hydrogens is 347 g/mol. The van der Waals surface area contributed by atoms with Crippen LogP contribution in [0, 0.1) is 5.82 Å². The van der Waals surface area contributed by atoms with Gasteiger partial charge in [-0.15, -0.1) is 5.10 Å². The molecule has 0 atom stereocenters. The topological polar surface area (TPSA) is 79.9 Å². The predicted molar refractivity (Wildman–Crippen MR) is 98.1 cm³/mol. The molecule has 1 amide bonds. The molecule has 3 aromatic rings.